The van der Waals surface area contributed by atoms with E-state index in [2.05, 4.69) is 12.5 Å². The molecule has 0 fully saturated rings. The molecular weight excluding hydrogens is 158 g/mol. The summed E-state index contributed by atoms with van der Waals surface area (Å²) in [6, 6.07) is 5.90. The molecule has 0 atom stereocenters. The van der Waals surface area contributed by atoms with Crippen LogP contribution in [0.4, 0.5) is 5.69 Å². The normalized spacial score (nSPS) is 9.00. The Morgan fingerprint density at radius 3 is 2.62 bits per heavy atom. The molecule has 1 aromatic rings. The lowest BCUT2D eigenvalue weighted by Gasteiger charge is -2.16. The predicted octanol–water partition coefficient (Wildman–Crippen LogP) is 2.38. The van der Waals surface area contributed by atoms with Crippen molar-refractivity contribution in [3.05, 3.63) is 35.9 Å². The Balaban J connectivity index is 3.37. The van der Waals surface area contributed by atoms with Gasteiger partial charge in [0, 0.05) is 30.9 Å². The van der Waals surface area contributed by atoms with Crippen molar-refractivity contribution in [2.24, 2.45) is 0 Å². The zero-order valence-electron chi connectivity index (χ0n) is 8.04. The predicted molar refractivity (Wildman–Crippen MR) is 58.8 cm³/mol. The van der Waals surface area contributed by atoms with Crippen molar-refractivity contribution in [2.75, 3.05) is 19.0 Å². The molecule has 0 saturated carbocycles. The Labute approximate surface area is 79.7 Å². The van der Waals surface area contributed by atoms with Gasteiger partial charge in [-0.25, -0.2) is 0 Å². The third-order valence-corrected chi connectivity index (χ3v) is 1.92. The summed E-state index contributed by atoms with van der Waals surface area (Å²) in [5.41, 5.74) is 3.02. The minimum atomic E-state index is 0.890. The highest BCUT2D eigenvalue weighted by Gasteiger charge is 2.04. The minimum absolute atomic E-state index is 0.890. The third-order valence-electron chi connectivity index (χ3n) is 1.92. The van der Waals surface area contributed by atoms with Gasteiger partial charge < -0.3 is 4.90 Å². The third kappa shape index (κ3) is 1.73. The first-order valence-electron chi connectivity index (χ1n) is 4.10. The standard InChI is InChI=1S/C12H13N/c1-5-10-8-7-9-12(13(3)4)11(10)6-2/h1,6-9H,2H2,3-4H3. The average molecular weight is 171 g/mol. The molecule has 0 saturated heterocycles. The molecule has 66 valence electrons. The molecule has 1 aromatic carbocycles. The molecule has 0 N–H and O–H groups in total. The van der Waals surface area contributed by atoms with Crippen molar-refractivity contribution >= 4 is 11.8 Å². The van der Waals surface area contributed by atoms with E-state index in [0.29, 0.717) is 0 Å². The van der Waals surface area contributed by atoms with Crippen molar-refractivity contribution in [1.82, 2.24) is 0 Å². The molecule has 0 aliphatic heterocycles. The second-order valence-electron chi connectivity index (χ2n) is 2.98. The van der Waals surface area contributed by atoms with E-state index in [1.807, 2.05) is 37.2 Å². The van der Waals surface area contributed by atoms with Gasteiger partial charge in [-0.2, -0.15) is 0 Å². The van der Waals surface area contributed by atoms with E-state index >= 15 is 0 Å². The summed E-state index contributed by atoms with van der Waals surface area (Å²) in [6.45, 7) is 3.76. The number of hydrogen-bond donors (Lipinski definition) is 0. The summed E-state index contributed by atoms with van der Waals surface area (Å²) in [7, 11) is 3.98. The fourth-order valence-corrected chi connectivity index (χ4v) is 1.28. The van der Waals surface area contributed by atoms with Crippen LogP contribution in [0.5, 0.6) is 0 Å². The number of rotatable bonds is 2. The molecule has 1 rings (SSSR count). The van der Waals surface area contributed by atoms with Crippen LogP contribution in [0.15, 0.2) is 24.8 Å². The summed E-state index contributed by atoms with van der Waals surface area (Å²) in [5.74, 6) is 2.64. The van der Waals surface area contributed by atoms with Gasteiger partial charge in [-0.05, 0) is 12.1 Å². The van der Waals surface area contributed by atoms with Crippen LogP contribution in [0.2, 0.25) is 0 Å². The van der Waals surface area contributed by atoms with Gasteiger partial charge in [0.2, 0.25) is 0 Å². The lowest BCUT2D eigenvalue weighted by atomic mass is 10.1. The fourth-order valence-electron chi connectivity index (χ4n) is 1.28. The molecule has 13 heavy (non-hydrogen) atoms. The Morgan fingerprint density at radius 1 is 1.46 bits per heavy atom. The van der Waals surface area contributed by atoms with Crippen LogP contribution >= 0.6 is 0 Å². The quantitative estimate of drug-likeness (QED) is 0.617. The molecule has 0 amide bonds. The molecule has 0 radical (unpaired) electrons. The molecule has 0 heterocycles. The van der Waals surface area contributed by atoms with E-state index in [1.54, 1.807) is 6.08 Å². The van der Waals surface area contributed by atoms with Gasteiger partial charge in [-0.1, -0.05) is 24.6 Å². The maximum Gasteiger partial charge on any atom is 0.0447 e. The Hall–Kier alpha value is -1.68. The SMILES string of the molecule is C#Cc1cccc(N(C)C)c1C=C. The molecule has 1 heteroatoms. The van der Waals surface area contributed by atoms with Crippen molar-refractivity contribution in [3.8, 4) is 12.3 Å². The maximum atomic E-state index is 5.38. The van der Waals surface area contributed by atoms with Crippen LogP contribution in [-0.4, -0.2) is 14.1 Å². The second-order valence-corrected chi connectivity index (χ2v) is 2.98. The maximum absolute atomic E-state index is 5.38. The van der Waals surface area contributed by atoms with Crippen molar-refractivity contribution in [2.45, 2.75) is 0 Å². The summed E-state index contributed by atoms with van der Waals surface area (Å²) in [4.78, 5) is 2.03. The largest absolute Gasteiger partial charge is 0.377 e. The number of hydrogen-bond acceptors (Lipinski definition) is 1. The molecule has 0 aliphatic rings. The molecule has 0 aliphatic carbocycles. The van der Waals surface area contributed by atoms with E-state index in [4.69, 9.17) is 6.42 Å². The van der Waals surface area contributed by atoms with Crippen molar-refractivity contribution in [3.63, 3.8) is 0 Å². The zero-order chi connectivity index (χ0) is 9.84. The van der Waals surface area contributed by atoms with E-state index in [1.165, 1.54) is 0 Å². The summed E-state index contributed by atoms with van der Waals surface area (Å²) in [6.07, 6.45) is 7.18. The first kappa shape index (κ1) is 9.41. The lowest BCUT2D eigenvalue weighted by molar-refractivity contribution is 1.13. The lowest BCUT2D eigenvalue weighted by Crippen LogP contribution is -2.10. The average Bonchev–Trinajstić information content (AvgIpc) is 2.16. The van der Waals surface area contributed by atoms with E-state index in [0.717, 1.165) is 16.8 Å². The van der Waals surface area contributed by atoms with Gasteiger partial charge in [-0.15, -0.1) is 6.42 Å². The number of nitrogens with zero attached hydrogens (tertiary/aromatic N) is 1. The number of terminal acetylenes is 1. The second kappa shape index (κ2) is 3.82. The van der Waals surface area contributed by atoms with Gasteiger partial charge in [0.25, 0.3) is 0 Å². The molecule has 0 aromatic heterocycles. The Bertz CT molecular complexity index is 356. The van der Waals surface area contributed by atoms with Crippen molar-refractivity contribution < 1.29 is 0 Å². The molecule has 0 spiro atoms. The molecule has 1 nitrogen and oxygen atoms in total. The topological polar surface area (TPSA) is 3.24 Å². The first-order chi connectivity index (χ1) is 6.20. The highest BCUT2D eigenvalue weighted by molar-refractivity contribution is 5.72. The Morgan fingerprint density at radius 2 is 2.15 bits per heavy atom. The van der Waals surface area contributed by atoms with Crippen LogP contribution in [-0.2, 0) is 0 Å². The summed E-state index contributed by atoms with van der Waals surface area (Å²) >= 11 is 0. The molecule has 0 bridgehead atoms. The van der Waals surface area contributed by atoms with Gasteiger partial charge in [0.15, 0.2) is 0 Å². The van der Waals surface area contributed by atoms with Gasteiger partial charge >= 0.3 is 0 Å². The number of benzene rings is 1. The molecular formula is C12H13N. The van der Waals surface area contributed by atoms with Crippen LogP contribution in [0.25, 0.3) is 6.08 Å². The van der Waals surface area contributed by atoms with Gasteiger partial charge in [0.05, 0.1) is 0 Å². The summed E-state index contributed by atoms with van der Waals surface area (Å²) in [5, 5.41) is 0. The van der Waals surface area contributed by atoms with Crippen LogP contribution in [0.1, 0.15) is 11.1 Å². The van der Waals surface area contributed by atoms with Gasteiger partial charge in [-0.3, -0.25) is 0 Å². The minimum Gasteiger partial charge on any atom is -0.377 e. The van der Waals surface area contributed by atoms with Crippen LogP contribution in [0, 0.1) is 12.3 Å². The molecule has 0 unspecified atom stereocenters. The van der Waals surface area contributed by atoms with Crippen molar-refractivity contribution in [1.29, 1.82) is 0 Å². The number of anilines is 1. The van der Waals surface area contributed by atoms with E-state index in [-0.39, 0.29) is 0 Å². The Kier molecular flexibility index (Phi) is 2.76. The highest BCUT2D eigenvalue weighted by atomic mass is 15.1. The van der Waals surface area contributed by atoms with Crippen LogP contribution in [0.3, 0.4) is 0 Å². The van der Waals surface area contributed by atoms with Gasteiger partial charge in [0.1, 0.15) is 0 Å². The first-order valence-corrected chi connectivity index (χ1v) is 4.10. The monoisotopic (exact) mass is 171 g/mol. The summed E-state index contributed by atoms with van der Waals surface area (Å²) < 4.78 is 0. The van der Waals surface area contributed by atoms with E-state index < -0.39 is 0 Å². The zero-order valence-corrected chi connectivity index (χ0v) is 8.04. The van der Waals surface area contributed by atoms with E-state index in [9.17, 15) is 0 Å². The fraction of sp³-hybridized carbons (Fsp3) is 0.167. The highest BCUT2D eigenvalue weighted by Crippen LogP contribution is 2.22. The van der Waals surface area contributed by atoms with Crippen LogP contribution < -0.4 is 4.90 Å². The smallest absolute Gasteiger partial charge is 0.0447 e.